The van der Waals surface area contributed by atoms with Gasteiger partial charge in [-0.2, -0.15) is 0 Å². The minimum Gasteiger partial charge on any atom is -0.494 e. The van der Waals surface area contributed by atoms with Crippen LogP contribution in [0.3, 0.4) is 0 Å². The third-order valence-corrected chi connectivity index (χ3v) is 4.38. The van der Waals surface area contributed by atoms with Crippen molar-refractivity contribution in [2.75, 3.05) is 13.2 Å². The maximum Gasteiger partial charge on any atom is 0.119 e. The Balaban J connectivity index is 1.63. The molecule has 2 heteroatoms. The molecule has 1 aromatic rings. The Morgan fingerprint density at radius 2 is 1.90 bits per heavy atom. The molecule has 1 aromatic carbocycles. The second kappa shape index (κ2) is 7.12. The average molecular weight is 275 g/mol. The Kier molecular flexibility index (Phi) is 5.47. The third kappa shape index (κ3) is 4.82. The Hall–Kier alpha value is -1.02. The molecule has 1 saturated carbocycles. The van der Waals surface area contributed by atoms with Gasteiger partial charge in [0.15, 0.2) is 0 Å². The van der Waals surface area contributed by atoms with Gasteiger partial charge in [-0.15, -0.1) is 0 Å². The van der Waals surface area contributed by atoms with E-state index in [1.165, 1.54) is 24.8 Å². The molecule has 0 bridgehead atoms. The van der Waals surface area contributed by atoms with Crippen molar-refractivity contribution in [3.8, 4) is 5.75 Å². The molecule has 2 rings (SSSR count). The highest BCUT2D eigenvalue weighted by atomic mass is 16.5. The molecule has 112 valence electrons. The summed E-state index contributed by atoms with van der Waals surface area (Å²) in [7, 11) is 0. The van der Waals surface area contributed by atoms with Crippen LogP contribution in [0.2, 0.25) is 0 Å². The van der Waals surface area contributed by atoms with E-state index < -0.39 is 0 Å². The summed E-state index contributed by atoms with van der Waals surface area (Å²) in [5.74, 6) is 1.86. The SMILES string of the molecule is CCCCCOc1ccc(CNCC2CC2(C)C)cc1. The number of hydrogen-bond donors (Lipinski definition) is 1. The summed E-state index contributed by atoms with van der Waals surface area (Å²) in [4.78, 5) is 0. The van der Waals surface area contributed by atoms with Gasteiger partial charge >= 0.3 is 0 Å². The quantitative estimate of drug-likeness (QED) is 0.675. The van der Waals surface area contributed by atoms with Crippen molar-refractivity contribution >= 4 is 0 Å². The van der Waals surface area contributed by atoms with Gasteiger partial charge in [0.2, 0.25) is 0 Å². The summed E-state index contributed by atoms with van der Waals surface area (Å²) >= 11 is 0. The van der Waals surface area contributed by atoms with Crippen LogP contribution in [-0.4, -0.2) is 13.2 Å². The number of hydrogen-bond acceptors (Lipinski definition) is 2. The average Bonchev–Trinajstić information content (AvgIpc) is 3.04. The van der Waals surface area contributed by atoms with E-state index in [1.54, 1.807) is 0 Å². The molecule has 0 amide bonds. The van der Waals surface area contributed by atoms with Crippen LogP contribution in [0.4, 0.5) is 0 Å². The second-order valence-electron chi connectivity index (χ2n) is 6.72. The summed E-state index contributed by atoms with van der Waals surface area (Å²) in [5.41, 5.74) is 1.91. The first-order valence-corrected chi connectivity index (χ1v) is 8.04. The van der Waals surface area contributed by atoms with Crippen molar-refractivity contribution in [1.29, 1.82) is 0 Å². The molecule has 1 aliphatic rings. The molecule has 1 fully saturated rings. The van der Waals surface area contributed by atoms with E-state index in [-0.39, 0.29) is 0 Å². The molecule has 0 aliphatic heterocycles. The van der Waals surface area contributed by atoms with Crippen LogP contribution in [0.5, 0.6) is 5.75 Å². The van der Waals surface area contributed by atoms with Crippen LogP contribution in [0.15, 0.2) is 24.3 Å². The van der Waals surface area contributed by atoms with E-state index in [2.05, 4.69) is 50.4 Å². The second-order valence-corrected chi connectivity index (χ2v) is 6.72. The predicted octanol–water partition coefficient (Wildman–Crippen LogP) is 4.39. The molecule has 2 nitrogen and oxygen atoms in total. The number of unbranched alkanes of at least 4 members (excludes halogenated alkanes) is 2. The molecule has 0 aromatic heterocycles. The Morgan fingerprint density at radius 1 is 1.20 bits per heavy atom. The normalized spacial score (nSPS) is 19.9. The zero-order chi connectivity index (χ0) is 14.4. The van der Waals surface area contributed by atoms with Crippen LogP contribution in [0.25, 0.3) is 0 Å². The highest BCUT2D eigenvalue weighted by Crippen LogP contribution is 2.50. The van der Waals surface area contributed by atoms with Crippen LogP contribution >= 0.6 is 0 Å². The molecule has 20 heavy (non-hydrogen) atoms. The van der Waals surface area contributed by atoms with Gasteiger partial charge < -0.3 is 10.1 Å². The highest BCUT2D eigenvalue weighted by Gasteiger charge is 2.44. The molecule has 0 radical (unpaired) electrons. The molecular weight excluding hydrogens is 246 g/mol. The fourth-order valence-corrected chi connectivity index (χ4v) is 2.56. The molecule has 0 heterocycles. The van der Waals surface area contributed by atoms with Gasteiger partial charge in [-0.05, 0) is 48.4 Å². The summed E-state index contributed by atoms with van der Waals surface area (Å²) in [6, 6.07) is 8.51. The van der Waals surface area contributed by atoms with Crippen LogP contribution in [0.1, 0.15) is 52.0 Å². The molecule has 1 aliphatic carbocycles. The van der Waals surface area contributed by atoms with E-state index in [0.29, 0.717) is 5.41 Å². The molecule has 0 saturated heterocycles. The van der Waals surface area contributed by atoms with Gasteiger partial charge in [0.1, 0.15) is 5.75 Å². The smallest absolute Gasteiger partial charge is 0.119 e. The number of rotatable bonds is 9. The lowest BCUT2D eigenvalue weighted by molar-refractivity contribution is 0.306. The standard InChI is InChI=1S/C18H29NO/c1-4-5-6-11-20-17-9-7-15(8-10-17)13-19-14-16-12-18(16,2)3/h7-10,16,19H,4-6,11-14H2,1-3H3. The van der Waals surface area contributed by atoms with Crippen molar-refractivity contribution in [3.63, 3.8) is 0 Å². The Bertz CT molecular complexity index is 396. The van der Waals surface area contributed by atoms with Gasteiger partial charge in [-0.3, -0.25) is 0 Å². The topological polar surface area (TPSA) is 21.3 Å². The largest absolute Gasteiger partial charge is 0.494 e. The van der Waals surface area contributed by atoms with Crippen molar-refractivity contribution in [2.45, 2.75) is 53.0 Å². The number of ether oxygens (including phenoxy) is 1. The van der Waals surface area contributed by atoms with Gasteiger partial charge in [0, 0.05) is 6.54 Å². The summed E-state index contributed by atoms with van der Waals surface area (Å²) in [6.07, 6.45) is 5.01. The van der Waals surface area contributed by atoms with E-state index in [4.69, 9.17) is 4.74 Å². The first kappa shape index (κ1) is 15.4. The first-order valence-electron chi connectivity index (χ1n) is 8.04. The monoisotopic (exact) mass is 275 g/mol. The molecule has 1 N–H and O–H groups in total. The lowest BCUT2D eigenvalue weighted by Crippen LogP contribution is -2.18. The van der Waals surface area contributed by atoms with Crippen molar-refractivity contribution < 1.29 is 4.74 Å². The van der Waals surface area contributed by atoms with E-state index >= 15 is 0 Å². The Labute approximate surface area is 123 Å². The first-order chi connectivity index (χ1) is 9.62. The number of nitrogens with one attached hydrogen (secondary N) is 1. The summed E-state index contributed by atoms with van der Waals surface area (Å²) in [6.45, 7) is 9.85. The van der Waals surface area contributed by atoms with Gasteiger partial charge in [-0.1, -0.05) is 45.7 Å². The molecule has 1 unspecified atom stereocenters. The van der Waals surface area contributed by atoms with E-state index in [1.807, 2.05) is 0 Å². The zero-order valence-corrected chi connectivity index (χ0v) is 13.2. The fourth-order valence-electron chi connectivity index (χ4n) is 2.56. The van der Waals surface area contributed by atoms with Gasteiger partial charge in [0.25, 0.3) is 0 Å². The fraction of sp³-hybridized carbons (Fsp3) is 0.667. The van der Waals surface area contributed by atoms with Gasteiger partial charge in [-0.25, -0.2) is 0 Å². The van der Waals surface area contributed by atoms with E-state index in [0.717, 1.165) is 37.8 Å². The zero-order valence-electron chi connectivity index (χ0n) is 13.2. The van der Waals surface area contributed by atoms with Crippen LogP contribution in [-0.2, 0) is 6.54 Å². The Morgan fingerprint density at radius 3 is 2.50 bits per heavy atom. The summed E-state index contributed by atoms with van der Waals surface area (Å²) < 4.78 is 5.72. The summed E-state index contributed by atoms with van der Waals surface area (Å²) in [5, 5.41) is 3.56. The predicted molar refractivity (Wildman–Crippen MR) is 85.1 cm³/mol. The molecular formula is C18H29NO. The lowest BCUT2D eigenvalue weighted by Gasteiger charge is -2.08. The third-order valence-electron chi connectivity index (χ3n) is 4.38. The lowest BCUT2D eigenvalue weighted by atomic mass is 10.1. The minimum atomic E-state index is 0.573. The molecule has 0 spiro atoms. The number of benzene rings is 1. The van der Waals surface area contributed by atoms with Crippen LogP contribution < -0.4 is 10.1 Å². The highest BCUT2D eigenvalue weighted by molar-refractivity contribution is 5.27. The molecule has 1 atom stereocenters. The van der Waals surface area contributed by atoms with Crippen LogP contribution in [0, 0.1) is 11.3 Å². The van der Waals surface area contributed by atoms with Crippen molar-refractivity contribution in [1.82, 2.24) is 5.32 Å². The van der Waals surface area contributed by atoms with Crippen molar-refractivity contribution in [2.24, 2.45) is 11.3 Å². The maximum atomic E-state index is 5.72. The van der Waals surface area contributed by atoms with Gasteiger partial charge in [0.05, 0.1) is 6.61 Å². The van der Waals surface area contributed by atoms with E-state index in [9.17, 15) is 0 Å². The maximum absolute atomic E-state index is 5.72. The minimum absolute atomic E-state index is 0.573. The van der Waals surface area contributed by atoms with Crippen molar-refractivity contribution in [3.05, 3.63) is 29.8 Å².